The third-order valence-corrected chi connectivity index (χ3v) is 3.80. The highest BCUT2D eigenvalue weighted by Gasteiger charge is 2.15. The van der Waals surface area contributed by atoms with E-state index in [9.17, 15) is 0 Å². The Morgan fingerprint density at radius 2 is 2.00 bits per heavy atom. The second-order valence-electron chi connectivity index (χ2n) is 4.76. The predicted molar refractivity (Wildman–Crippen MR) is 75.4 cm³/mol. The normalized spacial score (nSPS) is 19.3. The Morgan fingerprint density at radius 3 is 2.78 bits per heavy atom. The van der Waals surface area contributed by atoms with Gasteiger partial charge in [0.2, 0.25) is 0 Å². The third kappa shape index (κ3) is 2.31. The largest absolute Gasteiger partial charge is 0.493 e. The Labute approximate surface area is 112 Å². The lowest BCUT2D eigenvalue weighted by atomic mass is 10.1. The van der Waals surface area contributed by atoms with Gasteiger partial charge in [0.1, 0.15) is 5.75 Å². The lowest BCUT2D eigenvalue weighted by molar-refractivity contribution is 0.263. The van der Waals surface area contributed by atoms with Gasteiger partial charge in [-0.2, -0.15) is 0 Å². The van der Waals surface area contributed by atoms with Gasteiger partial charge in [-0.3, -0.25) is 0 Å². The lowest BCUT2D eigenvalue weighted by Crippen LogP contribution is -2.15. The van der Waals surface area contributed by atoms with Gasteiger partial charge in [-0.25, -0.2) is 0 Å². The average Bonchev–Trinajstić information content (AvgIpc) is 2.92. The number of hydrogen-bond donors (Lipinski definition) is 1. The fourth-order valence-corrected chi connectivity index (χ4v) is 2.65. The number of halogens is 1. The fourth-order valence-electron chi connectivity index (χ4n) is 2.42. The number of fused-ring (bicyclic) bond motifs is 1. The zero-order chi connectivity index (χ0) is 12.4. The SMILES string of the molecule is Clc1ccc(OC[C@H]2CCNC2)c2ccccc12. The maximum Gasteiger partial charge on any atom is 0.127 e. The zero-order valence-corrected chi connectivity index (χ0v) is 10.9. The highest BCUT2D eigenvalue weighted by molar-refractivity contribution is 6.35. The van der Waals surface area contributed by atoms with Crippen LogP contribution in [0.5, 0.6) is 5.75 Å². The van der Waals surface area contributed by atoms with Crippen LogP contribution in [0.2, 0.25) is 5.02 Å². The fraction of sp³-hybridized carbons (Fsp3) is 0.333. The molecule has 0 unspecified atom stereocenters. The molecule has 1 saturated heterocycles. The summed E-state index contributed by atoms with van der Waals surface area (Å²) in [6.07, 6.45) is 1.20. The summed E-state index contributed by atoms with van der Waals surface area (Å²) >= 11 is 6.19. The van der Waals surface area contributed by atoms with E-state index in [1.165, 1.54) is 6.42 Å². The standard InChI is InChI=1S/C15H16ClNO/c16-14-5-6-15(13-4-2-1-3-12(13)14)18-10-11-7-8-17-9-11/h1-6,11,17H,7-10H2/t11-/m0/s1. The molecule has 2 nitrogen and oxygen atoms in total. The van der Waals surface area contributed by atoms with Crippen molar-refractivity contribution < 1.29 is 4.74 Å². The molecule has 1 aliphatic rings. The van der Waals surface area contributed by atoms with Crippen LogP contribution in [-0.4, -0.2) is 19.7 Å². The summed E-state index contributed by atoms with van der Waals surface area (Å²) in [5, 5.41) is 6.28. The van der Waals surface area contributed by atoms with E-state index in [1.54, 1.807) is 0 Å². The van der Waals surface area contributed by atoms with Crippen LogP contribution in [0.4, 0.5) is 0 Å². The topological polar surface area (TPSA) is 21.3 Å². The summed E-state index contributed by atoms with van der Waals surface area (Å²) in [6.45, 7) is 2.94. The first-order chi connectivity index (χ1) is 8.84. The zero-order valence-electron chi connectivity index (χ0n) is 10.2. The molecule has 0 radical (unpaired) electrons. The van der Waals surface area contributed by atoms with E-state index in [4.69, 9.17) is 16.3 Å². The summed E-state index contributed by atoms with van der Waals surface area (Å²) in [5.41, 5.74) is 0. The Morgan fingerprint density at radius 1 is 1.17 bits per heavy atom. The first-order valence-electron chi connectivity index (χ1n) is 6.35. The van der Waals surface area contributed by atoms with Crippen molar-refractivity contribution in [2.75, 3.05) is 19.7 Å². The van der Waals surface area contributed by atoms with E-state index >= 15 is 0 Å². The molecule has 18 heavy (non-hydrogen) atoms. The van der Waals surface area contributed by atoms with Crippen LogP contribution in [0.15, 0.2) is 36.4 Å². The first kappa shape index (κ1) is 11.8. The van der Waals surface area contributed by atoms with Crippen molar-refractivity contribution in [1.82, 2.24) is 5.32 Å². The molecular weight excluding hydrogens is 246 g/mol. The highest BCUT2D eigenvalue weighted by Crippen LogP contribution is 2.31. The maximum absolute atomic E-state index is 6.19. The quantitative estimate of drug-likeness (QED) is 0.913. The summed E-state index contributed by atoms with van der Waals surface area (Å²) in [4.78, 5) is 0. The Balaban J connectivity index is 1.85. The molecule has 1 atom stereocenters. The summed E-state index contributed by atoms with van der Waals surface area (Å²) in [6, 6.07) is 12.0. The van der Waals surface area contributed by atoms with Gasteiger partial charge in [0, 0.05) is 28.3 Å². The number of rotatable bonds is 3. The number of hydrogen-bond acceptors (Lipinski definition) is 2. The summed E-state index contributed by atoms with van der Waals surface area (Å²) in [7, 11) is 0. The molecule has 2 aromatic rings. The third-order valence-electron chi connectivity index (χ3n) is 3.47. The molecule has 0 saturated carbocycles. The van der Waals surface area contributed by atoms with Crippen LogP contribution in [-0.2, 0) is 0 Å². The minimum atomic E-state index is 0.624. The van der Waals surface area contributed by atoms with Crippen molar-refractivity contribution in [2.24, 2.45) is 5.92 Å². The maximum atomic E-state index is 6.19. The van der Waals surface area contributed by atoms with Gasteiger partial charge >= 0.3 is 0 Å². The van der Waals surface area contributed by atoms with Crippen LogP contribution in [0.1, 0.15) is 6.42 Å². The molecule has 1 aliphatic heterocycles. The minimum absolute atomic E-state index is 0.624. The van der Waals surface area contributed by atoms with Crippen molar-refractivity contribution in [3.8, 4) is 5.75 Å². The predicted octanol–water partition coefficient (Wildman–Crippen LogP) is 3.48. The number of ether oxygens (including phenoxy) is 1. The van der Waals surface area contributed by atoms with E-state index in [0.29, 0.717) is 5.92 Å². The van der Waals surface area contributed by atoms with Crippen molar-refractivity contribution in [3.05, 3.63) is 41.4 Å². The molecule has 0 aromatic heterocycles. The van der Waals surface area contributed by atoms with E-state index in [0.717, 1.165) is 41.2 Å². The second-order valence-corrected chi connectivity index (χ2v) is 5.17. The van der Waals surface area contributed by atoms with Gasteiger partial charge in [-0.05, 0) is 25.1 Å². The molecule has 0 aliphatic carbocycles. The average molecular weight is 262 g/mol. The molecular formula is C15H16ClNO. The molecule has 0 amide bonds. The molecule has 94 valence electrons. The van der Waals surface area contributed by atoms with Crippen LogP contribution < -0.4 is 10.1 Å². The number of nitrogens with one attached hydrogen (secondary N) is 1. The van der Waals surface area contributed by atoms with Crippen LogP contribution in [0.25, 0.3) is 10.8 Å². The summed E-state index contributed by atoms with van der Waals surface area (Å²) < 4.78 is 5.96. The van der Waals surface area contributed by atoms with E-state index in [2.05, 4.69) is 11.4 Å². The van der Waals surface area contributed by atoms with Gasteiger partial charge < -0.3 is 10.1 Å². The van der Waals surface area contributed by atoms with Gasteiger partial charge in [0.25, 0.3) is 0 Å². The molecule has 1 fully saturated rings. The van der Waals surface area contributed by atoms with E-state index in [-0.39, 0.29) is 0 Å². The second kappa shape index (κ2) is 5.17. The smallest absolute Gasteiger partial charge is 0.127 e. The van der Waals surface area contributed by atoms with Crippen molar-refractivity contribution >= 4 is 22.4 Å². The molecule has 2 aromatic carbocycles. The molecule has 3 heteroatoms. The lowest BCUT2D eigenvalue weighted by Gasteiger charge is -2.13. The van der Waals surface area contributed by atoms with Crippen LogP contribution in [0, 0.1) is 5.92 Å². The Hall–Kier alpha value is -1.25. The van der Waals surface area contributed by atoms with E-state index < -0.39 is 0 Å². The molecule has 3 rings (SSSR count). The molecule has 1 N–H and O–H groups in total. The van der Waals surface area contributed by atoms with E-state index in [1.807, 2.05) is 30.3 Å². The monoisotopic (exact) mass is 261 g/mol. The molecule has 0 spiro atoms. The Kier molecular flexibility index (Phi) is 3.39. The van der Waals surface area contributed by atoms with Gasteiger partial charge in [0.05, 0.1) is 6.61 Å². The van der Waals surface area contributed by atoms with Gasteiger partial charge in [-0.1, -0.05) is 35.9 Å². The van der Waals surface area contributed by atoms with Crippen LogP contribution in [0.3, 0.4) is 0 Å². The van der Waals surface area contributed by atoms with Crippen molar-refractivity contribution in [3.63, 3.8) is 0 Å². The first-order valence-corrected chi connectivity index (χ1v) is 6.73. The van der Waals surface area contributed by atoms with Crippen molar-refractivity contribution in [1.29, 1.82) is 0 Å². The van der Waals surface area contributed by atoms with Crippen LogP contribution >= 0.6 is 11.6 Å². The van der Waals surface area contributed by atoms with Crippen molar-refractivity contribution in [2.45, 2.75) is 6.42 Å². The minimum Gasteiger partial charge on any atom is -0.493 e. The molecule has 1 heterocycles. The molecule has 0 bridgehead atoms. The highest BCUT2D eigenvalue weighted by atomic mass is 35.5. The summed E-state index contributed by atoms with van der Waals surface area (Å²) in [5.74, 6) is 1.56. The van der Waals surface area contributed by atoms with Gasteiger partial charge in [0.15, 0.2) is 0 Å². The number of benzene rings is 2. The van der Waals surface area contributed by atoms with Gasteiger partial charge in [-0.15, -0.1) is 0 Å². The Bertz CT molecular complexity index is 549.